The Hall–Kier alpha value is -0.930. The number of hydrazine groups is 1. The van der Waals surface area contributed by atoms with Crippen LogP contribution in [0.25, 0.3) is 0 Å². The van der Waals surface area contributed by atoms with Crippen LogP contribution in [0.3, 0.4) is 0 Å². The van der Waals surface area contributed by atoms with E-state index >= 15 is 0 Å². The highest BCUT2D eigenvalue weighted by molar-refractivity contribution is 5.15. The smallest absolute Gasteiger partial charge is 0.0523 e. The first-order chi connectivity index (χ1) is 6.05. The highest BCUT2D eigenvalue weighted by Crippen LogP contribution is 2.31. The van der Waals surface area contributed by atoms with Crippen molar-refractivity contribution in [3.63, 3.8) is 0 Å². The molecule has 0 aliphatic heterocycles. The molecular formula is C10H17N3. The lowest BCUT2D eigenvalue weighted by atomic mass is 9.83. The molecule has 3 N–H and O–H groups in total. The van der Waals surface area contributed by atoms with Gasteiger partial charge >= 0.3 is 0 Å². The van der Waals surface area contributed by atoms with Gasteiger partial charge in [-0.1, -0.05) is 26.8 Å². The van der Waals surface area contributed by atoms with Crippen molar-refractivity contribution in [3.8, 4) is 0 Å². The summed E-state index contributed by atoms with van der Waals surface area (Å²) in [5.74, 6) is 5.51. The van der Waals surface area contributed by atoms with Crippen molar-refractivity contribution in [1.82, 2.24) is 10.4 Å². The van der Waals surface area contributed by atoms with Crippen LogP contribution in [-0.4, -0.2) is 4.98 Å². The van der Waals surface area contributed by atoms with Crippen LogP contribution in [0.2, 0.25) is 0 Å². The van der Waals surface area contributed by atoms with E-state index in [0.29, 0.717) is 0 Å². The molecule has 0 spiro atoms. The van der Waals surface area contributed by atoms with E-state index in [1.54, 1.807) is 6.20 Å². The molecule has 72 valence electrons. The first kappa shape index (κ1) is 10.2. The molecule has 0 saturated carbocycles. The summed E-state index contributed by atoms with van der Waals surface area (Å²) < 4.78 is 0. The van der Waals surface area contributed by atoms with Crippen molar-refractivity contribution in [2.75, 3.05) is 0 Å². The van der Waals surface area contributed by atoms with Gasteiger partial charge in [0.2, 0.25) is 0 Å². The number of hydrogen-bond acceptors (Lipinski definition) is 3. The Morgan fingerprint density at radius 1 is 1.46 bits per heavy atom. The highest BCUT2D eigenvalue weighted by Gasteiger charge is 2.24. The van der Waals surface area contributed by atoms with E-state index in [9.17, 15) is 0 Å². The normalized spacial score (nSPS) is 14.2. The van der Waals surface area contributed by atoms with Gasteiger partial charge in [-0.05, 0) is 17.0 Å². The fourth-order valence-corrected chi connectivity index (χ4v) is 1.39. The van der Waals surface area contributed by atoms with Crippen molar-refractivity contribution < 1.29 is 0 Å². The number of pyridine rings is 1. The quantitative estimate of drug-likeness (QED) is 0.536. The fourth-order valence-electron chi connectivity index (χ4n) is 1.39. The van der Waals surface area contributed by atoms with E-state index in [4.69, 9.17) is 5.84 Å². The van der Waals surface area contributed by atoms with Crippen LogP contribution in [0.15, 0.2) is 24.5 Å². The molecule has 1 aromatic rings. The van der Waals surface area contributed by atoms with E-state index in [1.807, 2.05) is 18.3 Å². The average molecular weight is 179 g/mol. The van der Waals surface area contributed by atoms with Crippen molar-refractivity contribution >= 4 is 0 Å². The Bertz CT molecular complexity index is 251. The molecular weight excluding hydrogens is 162 g/mol. The van der Waals surface area contributed by atoms with Crippen molar-refractivity contribution in [3.05, 3.63) is 30.1 Å². The van der Waals surface area contributed by atoms with E-state index in [-0.39, 0.29) is 11.5 Å². The Morgan fingerprint density at radius 2 is 2.15 bits per heavy atom. The minimum atomic E-state index is 0.0950. The fraction of sp³-hybridized carbons (Fsp3) is 0.500. The molecule has 0 radical (unpaired) electrons. The van der Waals surface area contributed by atoms with Gasteiger partial charge in [0, 0.05) is 12.4 Å². The Labute approximate surface area is 79.3 Å². The van der Waals surface area contributed by atoms with Gasteiger partial charge in [0.25, 0.3) is 0 Å². The molecule has 13 heavy (non-hydrogen) atoms. The molecule has 0 aromatic carbocycles. The highest BCUT2D eigenvalue weighted by atomic mass is 15.2. The van der Waals surface area contributed by atoms with Gasteiger partial charge in [0.05, 0.1) is 6.04 Å². The van der Waals surface area contributed by atoms with Gasteiger partial charge in [0.1, 0.15) is 0 Å². The number of nitrogens with one attached hydrogen (secondary N) is 1. The Kier molecular flexibility index (Phi) is 3.01. The summed E-state index contributed by atoms with van der Waals surface area (Å²) in [4.78, 5) is 4.07. The molecule has 1 aromatic heterocycles. The van der Waals surface area contributed by atoms with Crippen LogP contribution in [0, 0.1) is 5.41 Å². The summed E-state index contributed by atoms with van der Waals surface area (Å²) in [6.45, 7) is 6.43. The maximum Gasteiger partial charge on any atom is 0.0523 e. The predicted molar refractivity (Wildman–Crippen MR) is 53.8 cm³/mol. The minimum absolute atomic E-state index is 0.0950. The second-order valence-electron chi connectivity index (χ2n) is 4.25. The van der Waals surface area contributed by atoms with Gasteiger partial charge < -0.3 is 0 Å². The van der Waals surface area contributed by atoms with Crippen LogP contribution >= 0.6 is 0 Å². The number of rotatable bonds is 2. The van der Waals surface area contributed by atoms with Gasteiger partial charge in [-0.15, -0.1) is 0 Å². The van der Waals surface area contributed by atoms with Gasteiger partial charge in [-0.2, -0.15) is 0 Å². The maximum atomic E-state index is 5.51. The molecule has 1 unspecified atom stereocenters. The van der Waals surface area contributed by atoms with Gasteiger partial charge in [0.15, 0.2) is 0 Å². The first-order valence-electron chi connectivity index (χ1n) is 4.42. The summed E-state index contributed by atoms with van der Waals surface area (Å²) in [7, 11) is 0. The molecule has 3 heteroatoms. The third-order valence-corrected chi connectivity index (χ3v) is 2.05. The molecule has 0 amide bonds. The van der Waals surface area contributed by atoms with Crippen LogP contribution in [0.1, 0.15) is 32.4 Å². The Balaban J connectivity index is 2.92. The topological polar surface area (TPSA) is 50.9 Å². The van der Waals surface area contributed by atoms with E-state index in [2.05, 4.69) is 31.2 Å². The zero-order valence-corrected chi connectivity index (χ0v) is 8.41. The average Bonchev–Trinajstić information content (AvgIpc) is 2.05. The van der Waals surface area contributed by atoms with Gasteiger partial charge in [-0.3, -0.25) is 16.3 Å². The Morgan fingerprint density at radius 3 is 2.54 bits per heavy atom. The molecule has 0 aliphatic rings. The molecule has 1 heterocycles. The van der Waals surface area contributed by atoms with Crippen LogP contribution in [0.4, 0.5) is 0 Å². The third kappa shape index (κ3) is 2.50. The molecule has 1 atom stereocenters. The predicted octanol–water partition coefficient (Wildman–Crippen LogP) is 1.63. The molecule has 0 bridgehead atoms. The van der Waals surface area contributed by atoms with Crippen LogP contribution in [0.5, 0.6) is 0 Å². The SMILES string of the molecule is CC(C)(C)C(NN)c1cccnc1. The summed E-state index contributed by atoms with van der Waals surface area (Å²) in [5, 5.41) is 0. The minimum Gasteiger partial charge on any atom is -0.271 e. The van der Waals surface area contributed by atoms with Crippen molar-refractivity contribution in [1.29, 1.82) is 0 Å². The first-order valence-corrected chi connectivity index (χ1v) is 4.42. The standard InChI is InChI=1S/C10H17N3/c1-10(2,3)9(13-11)8-5-4-6-12-7-8/h4-7,9,13H,11H2,1-3H3. The van der Waals surface area contributed by atoms with Crippen molar-refractivity contribution in [2.24, 2.45) is 11.3 Å². The molecule has 0 fully saturated rings. The number of aromatic nitrogens is 1. The monoisotopic (exact) mass is 179 g/mol. The van der Waals surface area contributed by atoms with Gasteiger partial charge in [-0.25, -0.2) is 0 Å². The summed E-state index contributed by atoms with van der Waals surface area (Å²) >= 11 is 0. The number of nitrogens with zero attached hydrogens (tertiary/aromatic N) is 1. The number of hydrogen-bond donors (Lipinski definition) is 2. The summed E-state index contributed by atoms with van der Waals surface area (Å²) in [6.07, 6.45) is 3.61. The third-order valence-electron chi connectivity index (χ3n) is 2.05. The van der Waals surface area contributed by atoms with Crippen LogP contribution in [-0.2, 0) is 0 Å². The zero-order valence-electron chi connectivity index (χ0n) is 8.41. The number of nitrogens with two attached hydrogens (primary N) is 1. The molecule has 3 nitrogen and oxygen atoms in total. The van der Waals surface area contributed by atoms with Crippen LogP contribution < -0.4 is 11.3 Å². The summed E-state index contributed by atoms with van der Waals surface area (Å²) in [5.41, 5.74) is 4.04. The van der Waals surface area contributed by atoms with E-state index in [1.165, 1.54) is 0 Å². The molecule has 0 aliphatic carbocycles. The largest absolute Gasteiger partial charge is 0.271 e. The van der Waals surface area contributed by atoms with E-state index in [0.717, 1.165) is 5.56 Å². The lowest BCUT2D eigenvalue weighted by Gasteiger charge is -2.29. The van der Waals surface area contributed by atoms with E-state index < -0.39 is 0 Å². The summed E-state index contributed by atoms with van der Waals surface area (Å²) in [6, 6.07) is 4.09. The maximum absolute atomic E-state index is 5.51. The second kappa shape index (κ2) is 3.85. The molecule has 1 rings (SSSR count). The van der Waals surface area contributed by atoms with Crippen molar-refractivity contribution in [2.45, 2.75) is 26.8 Å². The second-order valence-corrected chi connectivity index (χ2v) is 4.25. The lowest BCUT2D eigenvalue weighted by Crippen LogP contribution is -2.36. The lowest BCUT2D eigenvalue weighted by molar-refractivity contribution is 0.275. The zero-order chi connectivity index (χ0) is 9.90. The molecule has 0 saturated heterocycles.